The summed E-state index contributed by atoms with van der Waals surface area (Å²) in [6, 6.07) is 9.83. The van der Waals surface area contributed by atoms with Crippen LogP contribution in [-0.2, 0) is 4.79 Å². The molecule has 2 rings (SSSR count). The number of rotatable bonds is 6. The first-order valence-corrected chi connectivity index (χ1v) is 8.71. The summed E-state index contributed by atoms with van der Waals surface area (Å²) in [5.41, 5.74) is 4.70. The Morgan fingerprint density at radius 1 is 1.28 bits per heavy atom. The first-order valence-electron chi connectivity index (χ1n) is 7.12. The van der Waals surface area contributed by atoms with Gasteiger partial charge < -0.3 is 5.32 Å². The van der Waals surface area contributed by atoms with E-state index in [0.29, 0.717) is 5.56 Å². The van der Waals surface area contributed by atoms with Crippen molar-refractivity contribution < 1.29 is 9.72 Å². The Hall–Kier alpha value is -2.26. The van der Waals surface area contributed by atoms with Gasteiger partial charge in [-0.3, -0.25) is 14.9 Å². The summed E-state index contributed by atoms with van der Waals surface area (Å²) in [5.74, 6) is -0.346. The molecule has 2 N–H and O–H groups in total. The number of non-ortho nitro benzene ring substituents is 1. The van der Waals surface area contributed by atoms with Crippen LogP contribution in [0.25, 0.3) is 0 Å². The molecule has 0 saturated heterocycles. The van der Waals surface area contributed by atoms with Crippen molar-refractivity contribution in [2.24, 2.45) is 5.10 Å². The molecule has 0 aromatic heterocycles. The van der Waals surface area contributed by atoms with Crippen molar-refractivity contribution in [2.75, 3.05) is 11.9 Å². The predicted octanol–water partition coefficient (Wildman–Crippen LogP) is 3.99. The molecule has 0 unspecified atom stereocenters. The van der Waals surface area contributed by atoms with Gasteiger partial charge in [-0.05, 0) is 56.5 Å². The van der Waals surface area contributed by atoms with Gasteiger partial charge in [-0.2, -0.15) is 5.10 Å². The third kappa shape index (κ3) is 5.64. The summed E-state index contributed by atoms with van der Waals surface area (Å²) < 4.78 is 1.68. The minimum absolute atomic E-state index is 0.0204. The molecule has 0 fully saturated rings. The number of hydrazone groups is 1. The number of anilines is 1. The zero-order valence-electron chi connectivity index (χ0n) is 13.1. The van der Waals surface area contributed by atoms with Crippen molar-refractivity contribution in [3.8, 4) is 0 Å². The molecular formula is C16H14Br2N4O3. The number of benzene rings is 2. The maximum atomic E-state index is 11.8. The second-order valence-electron chi connectivity index (χ2n) is 5.10. The van der Waals surface area contributed by atoms with Gasteiger partial charge in [0.1, 0.15) is 0 Å². The van der Waals surface area contributed by atoms with E-state index in [1.807, 2.05) is 19.1 Å². The lowest BCUT2D eigenvalue weighted by atomic mass is 10.2. The molecule has 0 bridgehead atoms. The third-order valence-electron chi connectivity index (χ3n) is 3.10. The highest BCUT2D eigenvalue weighted by Gasteiger charge is 2.08. The molecule has 0 aliphatic rings. The number of amides is 1. The Kier molecular flexibility index (Phi) is 6.65. The molecule has 2 aromatic carbocycles. The summed E-state index contributed by atoms with van der Waals surface area (Å²) in [5, 5.41) is 17.5. The fourth-order valence-corrected chi connectivity index (χ4v) is 3.67. The Labute approximate surface area is 160 Å². The van der Waals surface area contributed by atoms with Gasteiger partial charge in [-0.15, -0.1) is 0 Å². The van der Waals surface area contributed by atoms with Crippen LogP contribution in [0, 0.1) is 17.0 Å². The third-order valence-corrected chi connectivity index (χ3v) is 4.35. The van der Waals surface area contributed by atoms with Crippen molar-refractivity contribution in [3.63, 3.8) is 0 Å². The van der Waals surface area contributed by atoms with Gasteiger partial charge in [0.15, 0.2) is 0 Å². The Bertz CT molecular complexity index is 817. The second kappa shape index (κ2) is 8.72. The summed E-state index contributed by atoms with van der Waals surface area (Å²) in [7, 11) is 0. The Morgan fingerprint density at radius 3 is 2.60 bits per heavy atom. The number of nitro groups is 1. The molecule has 0 saturated carbocycles. The number of hydrogen-bond acceptors (Lipinski definition) is 5. The van der Waals surface area contributed by atoms with Crippen LogP contribution in [0.15, 0.2) is 50.4 Å². The van der Waals surface area contributed by atoms with Gasteiger partial charge in [-0.25, -0.2) is 5.43 Å². The topological polar surface area (TPSA) is 96.6 Å². The summed E-state index contributed by atoms with van der Waals surface area (Å²) in [4.78, 5) is 22.1. The van der Waals surface area contributed by atoms with Crippen LogP contribution < -0.4 is 10.7 Å². The summed E-state index contributed by atoms with van der Waals surface area (Å²) in [6.07, 6.45) is 1.35. The van der Waals surface area contributed by atoms with Gasteiger partial charge in [0, 0.05) is 26.6 Å². The van der Waals surface area contributed by atoms with E-state index in [1.54, 1.807) is 12.1 Å². The lowest BCUT2D eigenvalue weighted by Crippen LogP contribution is -2.26. The Morgan fingerprint density at radius 2 is 1.96 bits per heavy atom. The minimum atomic E-state index is -0.489. The number of carbonyl (C=O) groups excluding carboxylic acids is 1. The first-order chi connectivity index (χ1) is 11.9. The molecule has 0 heterocycles. The van der Waals surface area contributed by atoms with E-state index < -0.39 is 4.92 Å². The highest BCUT2D eigenvalue weighted by Crippen LogP contribution is 2.32. The predicted molar refractivity (Wildman–Crippen MR) is 104 cm³/mol. The van der Waals surface area contributed by atoms with Gasteiger partial charge >= 0.3 is 0 Å². The highest BCUT2D eigenvalue weighted by molar-refractivity contribution is 9.11. The molecular weight excluding hydrogens is 456 g/mol. The fraction of sp³-hybridized carbons (Fsp3) is 0.125. The normalized spacial score (nSPS) is 10.7. The molecule has 9 heteroatoms. The van der Waals surface area contributed by atoms with Crippen LogP contribution >= 0.6 is 31.9 Å². The lowest BCUT2D eigenvalue weighted by molar-refractivity contribution is -0.384. The summed E-state index contributed by atoms with van der Waals surface area (Å²) in [6.45, 7) is 1.99. The standard InChI is InChI=1S/C16H14Br2N4O3/c1-10-5-13(17)16(14(18)6-10)19-9-15(23)21-20-8-11-3-2-4-12(7-11)22(24)25/h2-8,19H,9H2,1H3,(H,21,23)/b20-8+. The molecule has 0 atom stereocenters. The highest BCUT2D eigenvalue weighted by atomic mass is 79.9. The number of nitro benzene ring substituents is 1. The quantitative estimate of drug-likeness (QED) is 0.379. The largest absolute Gasteiger partial charge is 0.374 e. The average Bonchev–Trinajstić information content (AvgIpc) is 2.54. The number of nitrogens with zero attached hydrogens (tertiary/aromatic N) is 2. The monoisotopic (exact) mass is 468 g/mol. The molecule has 130 valence electrons. The first kappa shape index (κ1) is 19.1. The average molecular weight is 470 g/mol. The summed E-state index contributed by atoms with van der Waals surface area (Å²) >= 11 is 6.88. The zero-order valence-corrected chi connectivity index (χ0v) is 16.3. The van der Waals surface area contributed by atoms with E-state index >= 15 is 0 Å². The molecule has 0 spiro atoms. The van der Waals surface area contributed by atoms with Crippen molar-refractivity contribution in [3.05, 3.63) is 66.6 Å². The maximum absolute atomic E-state index is 11.8. The SMILES string of the molecule is Cc1cc(Br)c(NCC(=O)N/N=C/c2cccc([N+](=O)[O-])c2)c(Br)c1. The van der Waals surface area contributed by atoms with Gasteiger partial charge in [0.05, 0.1) is 23.4 Å². The molecule has 0 aliphatic carbocycles. The van der Waals surface area contributed by atoms with Crippen molar-refractivity contribution >= 4 is 55.4 Å². The molecule has 1 amide bonds. The van der Waals surface area contributed by atoms with Crippen LogP contribution in [-0.4, -0.2) is 23.6 Å². The number of hydrogen-bond donors (Lipinski definition) is 2. The number of nitrogens with one attached hydrogen (secondary N) is 2. The van der Waals surface area contributed by atoms with E-state index in [9.17, 15) is 14.9 Å². The molecule has 7 nitrogen and oxygen atoms in total. The maximum Gasteiger partial charge on any atom is 0.270 e. The van der Waals surface area contributed by atoms with E-state index in [2.05, 4.69) is 47.7 Å². The van der Waals surface area contributed by atoms with E-state index in [-0.39, 0.29) is 18.1 Å². The van der Waals surface area contributed by atoms with Crippen molar-refractivity contribution in [1.29, 1.82) is 0 Å². The van der Waals surface area contributed by atoms with Crippen LogP contribution in [0.3, 0.4) is 0 Å². The molecule has 0 radical (unpaired) electrons. The van der Waals surface area contributed by atoms with Crippen LogP contribution in [0.4, 0.5) is 11.4 Å². The molecule has 2 aromatic rings. The fourth-order valence-electron chi connectivity index (χ4n) is 1.97. The smallest absolute Gasteiger partial charge is 0.270 e. The van der Waals surface area contributed by atoms with Gasteiger partial charge in [0.25, 0.3) is 11.6 Å². The van der Waals surface area contributed by atoms with Gasteiger partial charge in [0.2, 0.25) is 0 Å². The Balaban J connectivity index is 1.91. The second-order valence-corrected chi connectivity index (χ2v) is 6.81. The van der Waals surface area contributed by atoms with Crippen molar-refractivity contribution in [1.82, 2.24) is 5.43 Å². The number of carbonyl (C=O) groups is 1. The van der Waals surface area contributed by atoms with Crippen LogP contribution in [0.2, 0.25) is 0 Å². The van der Waals surface area contributed by atoms with Crippen molar-refractivity contribution in [2.45, 2.75) is 6.92 Å². The zero-order chi connectivity index (χ0) is 18.4. The number of aryl methyl sites for hydroxylation is 1. The molecule has 25 heavy (non-hydrogen) atoms. The van der Waals surface area contributed by atoms with Gasteiger partial charge in [-0.1, -0.05) is 12.1 Å². The van der Waals surface area contributed by atoms with Crippen LogP contribution in [0.5, 0.6) is 0 Å². The minimum Gasteiger partial charge on any atom is -0.374 e. The van der Waals surface area contributed by atoms with E-state index in [4.69, 9.17) is 0 Å². The van der Waals surface area contributed by atoms with Crippen LogP contribution in [0.1, 0.15) is 11.1 Å². The van der Waals surface area contributed by atoms with E-state index in [1.165, 1.54) is 18.3 Å². The van der Waals surface area contributed by atoms with E-state index in [0.717, 1.165) is 20.2 Å². The molecule has 0 aliphatic heterocycles. The number of halogens is 2. The lowest BCUT2D eigenvalue weighted by Gasteiger charge is -2.11.